The molecule has 2 N–H and O–H groups in total. The number of benzene rings is 2. The topological polar surface area (TPSA) is 105 Å². The summed E-state index contributed by atoms with van der Waals surface area (Å²) in [6.45, 7) is 13.3. The molecule has 11 nitrogen and oxygen atoms in total. The van der Waals surface area contributed by atoms with Gasteiger partial charge in [0, 0.05) is 23.8 Å². The first-order chi connectivity index (χ1) is 22.7. The number of carbonyl (C=O) groups excluding carboxylic acids is 1. The molecule has 4 heterocycles. The van der Waals surface area contributed by atoms with Gasteiger partial charge in [0.05, 0.1) is 23.5 Å². The summed E-state index contributed by atoms with van der Waals surface area (Å²) in [5.41, 5.74) is 4.94. The second kappa shape index (κ2) is 12.6. The molecule has 0 spiro atoms. The predicted octanol–water partition coefficient (Wildman–Crippen LogP) is 6.80. The fourth-order valence-electron chi connectivity index (χ4n) is 6.95. The smallest absolute Gasteiger partial charge is 0.320 e. The van der Waals surface area contributed by atoms with Gasteiger partial charge >= 0.3 is 6.03 Å². The van der Waals surface area contributed by atoms with Crippen molar-refractivity contribution in [2.24, 2.45) is 0 Å². The highest BCUT2D eigenvalue weighted by Gasteiger charge is 2.34. The maximum absolute atomic E-state index is 13.5. The third-order valence-electron chi connectivity index (χ3n) is 9.55. The van der Waals surface area contributed by atoms with Crippen molar-refractivity contribution in [3.05, 3.63) is 94.8 Å². The molecule has 2 amide bonds. The Hall–Kier alpha value is -4.48. The molecule has 1 saturated heterocycles. The summed E-state index contributed by atoms with van der Waals surface area (Å²) in [7, 11) is 0. The van der Waals surface area contributed by atoms with E-state index in [0.717, 1.165) is 66.5 Å². The largest absolute Gasteiger partial charge is 0.331 e. The van der Waals surface area contributed by atoms with Gasteiger partial charge < -0.3 is 5.32 Å². The third kappa shape index (κ3) is 6.29. The molecule has 0 saturated carbocycles. The molecule has 47 heavy (non-hydrogen) atoms. The molecule has 4 aromatic rings. The zero-order valence-corrected chi connectivity index (χ0v) is 28.0. The number of fused-ring (bicyclic) bond motifs is 2. The number of urea groups is 1. The summed E-state index contributed by atoms with van der Waals surface area (Å²) in [6, 6.07) is 18.2. The second-order valence-corrected chi connectivity index (χ2v) is 13.9. The molecule has 3 atom stereocenters. The zero-order valence-electron chi connectivity index (χ0n) is 28.0. The van der Waals surface area contributed by atoms with Crippen molar-refractivity contribution < 1.29 is 9.63 Å². The molecule has 2 aromatic carbocycles. The molecule has 7 rings (SSSR count). The summed E-state index contributed by atoms with van der Waals surface area (Å²) in [5, 5.41) is 22.1. The van der Waals surface area contributed by atoms with E-state index in [2.05, 4.69) is 77.0 Å². The minimum Gasteiger partial charge on any atom is -0.331 e. The highest BCUT2D eigenvalue weighted by molar-refractivity contribution is 5.89. The van der Waals surface area contributed by atoms with Crippen molar-refractivity contribution in [1.29, 1.82) is 0 Å². The van der Waals surface area contributed by atoms with Crippen LogP contribution in [0.5, 0.6) is 0 Å². The van der Waals surface area contributed by atoms with Gasteiger partial charge in [-0.05, 0) is 69.0 Å². The van der Waals surface area contributed by atoms with Crippen LogP contribution in [0, 0.1) is 6.92 Å². The van der Waals surface area contributed by atoms with Gasteiger partial charge in [-0.25, -0.2) is 14.5 Å². The Kier molecular flexibility index (Phi) is 8.36. The molecule has 0 bridgehead atoms. The van der Waals surface area contributed by atoms with Crippen LogP contribution in [0.1, 0.15) is 106 Å². The number of rotatable bonds is 7. The van der Waals surface area contributed by atoms with Crippen LogP contribution >= 0.6 is 0 Å². The summed E-state index contributed by atoms with van der Waals surface area (Å²) in [4.78, 5) is 22.6. The lowest BCUT2D eigenvalue weighted by molar-refractivity contribution is -0.190. The van der Waals surface area contributed by atoms with Crippen LogP contribution in [0.4, 0.5) is 10.6 Å². The van der Waals surface area contributed by atoms with Gasteiger partial charge in [0.2, 0.25) is 0 Å². The number of hydrogen-bond acceptors (Lipinski definition) is 7. The Bertz CT molecular complexity index is 1770. The lowest BCUT2D eigenvalue weighted by Crippen LogP contribution is -2.37. The van der Waals surface area contributed by atoms with Crippen LogP contribution in [0.3, 0.4) is 0 Å². The van der Waals surface area contributed by atoms with Crippen LogP contribution in [-0.2, 0) is 16.9 Å². The van der Waals surface area contributed by atoms with Gasteiger partial charge in [0.25, 0.3) is 0 Å². The number of hydroxylamine groups is 2. The minimum absolute atomic E-state index is 0.144. The van der Waals surface area contributed by atoms with Crippen LogP contribution in [0.25, 0.3) is 11.8 Å². The van der Waals surface area contributed by atoms with Crippen molar-refractivity contribution in [2.45, 2.75) is 90.6 Å². The first-order valence-electron chi connectivity index (χ1n) is 16.8. The number of carbonyl (C=O) groups is 1. The molecule has 3 aliphatic rings. The van der Waals surface area contributed by atoms with Gasteiger partial charge in [-0.3, -0.25) is 19.6 Å². The molecule has 0 radical (unpaired) electrons. The van der Waals surface area contributed by atoms with Crippen LogP contribution < -0.4 is 10.6 Å². The van der Waals surface area contributed by atoms with E-state index >= 15 is 0 Å². The van der Waals surface area contributed by atoms with E-state index in [1.165, 1.54) is 12.0 Å². The number of likely N-dealkylation sites (tertiary alicyclic amines) is 1. The van der Waals surface area contributed by atoms with Crippen molar-refractivity contribution in [1.82, 2.24) is 39.8 Å². The Morgan fingerprint density at radius 1 is 1.02 bits per heavy atom. The molecule has 0 unspecified atom stereocenters. The van der Waals surface area contributed by atoms with Gasteiger partial charge in [-0.1, -0.05) is 69.7 Å². The number of nitrogens with zero attached hydrogens (tertiary/aromatic N) is 7. The Labute approximate surface area is 276 Å². The molecule has 1 fully saturated rings. The fourth-order valence-corrected chi connectivity index (χ4v) is 6.95. The predicted molar refractivity (Wildman–Crippen MR) is 182 cm³/mol. The molecule has 11 heteroatoms. The highest BCUT2D eigenvalue weighted by Crippen LogP contribution is 2.40. The number of hydrogen-bond donors (Lipinski definition) is 2. The Morgan fingerprint density at radius 2 is 1.81 bits per heavy atom. The van der Waals surface area contributed by atoms with Gasteiger partial charge in [0.1, 0.15) is 18.6 Å². The van der Waals surface area contributed by atoms with Crippen molar-refractivity contribution in [3.63, 3.8) is 0 Å². The Morgan fingerprint density at radius 3 is 2.57 bits per heavy atom. The monoisotopic (exact) mass is 635 g/mol. The molecular formula is C36H45N9O2. The summed E-state index contributed by atoms with van der Waals surface area (Å²) in [6.07, 6.45) is 7.56. The maximum Gasteiger partial charge on any atom is 0.320 e. The van der Waals surface area contributed by atoms with Crippen molar-refractivity contribution >= 4 is 17.9 Å². The van der Waals surface area contributed by atoms with Gasteiger partial charge in [-0.2, -0.15) is 5.10 Å². The van der Waals surface area contributed by atoms with Crippen molar-refractivity contribution in [2.75, 3.05) is 18.4 Å². The average Bonchev–Trinajstić information content (AvgIpc) is 3.81. The number of aromatic nitrogens is 5. The lowest BCUT2D eigenvalue weighted by Gasteiger charge is -2.35. The molecular weight excluding hydrogens is 590 g/mol. The average molecular weight is 636 g/mol. The maximum atomic E-state index is 13.5. The van der Waals surface area contributed by atoms with Gasteiger partial charge in [-0.15, -0.1) is 10.2 Å². The van der Waals surface area contributed by atoms with E-state index < -0.39 is 0 Å². The zero-order chi connectivity index (χ0) is 32.7. The van der Waals surface area contributed by atoms with Crippen molar-refractivity contribution in [3.8, 4) is 5.69 Å². The SMILES string of the molecule is CCN1CCC[C@H]1c1nnc2n1CN(O[C@@H]1CC[C@H](NC(=O)Nc3cc(C(C)(C)C)nn3-c3ccc(C)cc3)c3ccccc31)C=C2. The number of anilines is 1. The summed E-state index contributed by atoms with van der Waals surface area (Å²) in [5.74, 6) is 2.50. The fraction of sp³-hybridized carbons (Fsp3) is 0.444. The molecule has 2 aliphatic heterocycles. The van der Waals surface area contributed by atoms with E-state index in [1.54, 1.807) is 0 Å². The summed E-state index contributed by atoms with van der Waals surface area (Å²) < 4.78 is 3.98. The standard InChI is InChI=1S/C36H45N9O2/c1-6-42-20-9-12-29(42)34-40-39-32-19-21-43(23-44(32)34)47-30-18-17-28(26-10-7-8-11-27(26)30)37-35(46)38-33-22-31(36(3,4)5)41-45(33)25-15-13-24(2)14-16-25/h7-8,10-11,13-16,19,21-22,28-30H,6,9,12,17-18,20,23H2,1-5H3,(H2,37,38,46)/t28-,29-,30+/m0/s1. The summed E-state index contributed by atoms with van der Waals surface area (Å²) >= 11 is 0. The first-order valence-corrected chi connectivity index (χ1v) is 16.8. The van der Waals surface area contributed by atoms with E-state index in [1.807, 2.05) is 64.5 Å². The quantitative estimate of drug-likeness (QED) is 0.230. The molecule has 2 aromatic heterocycles. The minimum atomic E-state index is -0.266. The number of nitrogens with one attached hydrogen (secondary N) is 2. The van der Waals surface area contributed by atoms with Crippen LogP contribution in [-0.4, -0.2) is 53.6 Å². The van der Waals surface area contributed by atoms with Gasteiger partial charge in [0.15, 0.2) is 11.6 Å². The van der Waals surface area contributed by atoms with E-state index in [9.17, 15) is 4.79 Å². The van der Waals surface area contributed by atoms with E-state index in [4.69, 9.17) is 9.94 Å². The number of amides is 2. The lowest BCUT2D eigenvalue weighted by atomic mass is 9.86. The van der Waals surface area contributed by atoms with Crippen LogP contribution in [0.15, 0.2) is 60.8 Å². The normalized spacial score (nSPS) is 21.0. The van der Waals surface area contributed by atoms with Crippen LogP contribution in [0.2, 0.25) is 0 Å². The highest BCUT2D eigenvalue weighted by atomic mass is 16.7. The third-order valence-corrected chi connectivity index (χ3v) is 9.55. The number of aryl methyl sites for hydroxylation is 1. The Balaban J connectivity index is 1.05. The molecule has 1 aliphatic carbocycles. The van der Waals surface area contributed by atoms with E-state index in [0.29, 0.717) is 18.5 Å². The second-order valence-electron chi connectivity index (χ2n) is 13.9. The first kappa shape index (κ1) is 31.1. The van der Waals surface area contributed by atoms with E-state index in [-0.39, 0.29) is 23.6 Å². The molecule has 246 valence electrons.